The van der Waals surface area contributed by atoms with Gasteiger partial charge in [0.1, 0.15) is 0 Å². The van der Waals surface area contributed by atoms with Crippen LogP contribution in [0.25, 0.3) is 10.8 Å². The summed E-state index contributed by atoms with van der Waals surface area (Å²) < 4.78 is 4.77. The van der Waals surface area contributed by atoms with Gasteiger partial charge in [0.05, 0.1) is 11.8 Å². The van der Waals surface area contributed by atoms with E-state index in [9.17, 15) is 9.59 Å². The highest BCUT2D eigenvalue weighted by atomic mass is 32.2. The number of benzene rings is 2. The van der Waals surface area contributed by atoms with Crippen LogP contribution in [0.4, 0.5) is 0 Å². The van der Waals surface area contributed by atoms with Gasteiger partial charge in [-0.25, -0.2) is 4.79 Å². The van der Waals surface area contributed by atoms with E-state index in [-0.39, 0.29) is 5.12 Å². The molecule has 2 aromatic carbocycles. The Hall–Kier alpha value is -2.07. The molecule has 96 valence electrons. The van der Waals surface area contributed by atoms with E-state index in [1.165, 1.54) is 6.92 Å². The number of carbonyl (C=O) groups is 2. The Morgan fingerprint density at radius 1 is 1.26 bits per heavy atom. The second-order valence-corrected chi connectivity index (χ2v) is 5.08. The fourth-order valence-corrected chi connectivity index (χ4v) is 2.57. The minimum Gasteiger partial charge on any atom is -0.432 e. The minimum absolute atomic E-state index is 0.0283. The lowest BCUT2D eigenvalue weighted by atomic mass is 10.1. The molecule has 0 radical (unpaired) electrons. The van der Waals surface area contributed by atoms with Crippen LogP contribution in [-0.4, -0.2) is 11.1 Å². The van der Waals surface area contributed by atoms with Gasteiger partial charge in [-0.1, -0.05) is 42.6 Å². The summed E-state index contributed by atoms with van der Waals surface area (Å²) in [5.41, 5.74) is 0.405. The first-order valence-corrected chi connectivity index (χ1v) is 6.46. The minimum atomic E-state index is -0.480. The third-order valence-corrected chi connectivity index (χ3v) is 3.35. The third kappa shape index (κ3) is 3.03. The SMILES string of the molecule is C=COC(=O)c1cc(SC(C)=O)c2ccccc2c1. The van der Waals surface area contributed by atoms with Crippen molar-refractivity contribution in [1.82, 2.24) is 0 Å². The Kier molecular flexibility index (Phi) is 4.02. The van der Waals surface area contributed by atoms with Crippen LogP contribution in [0, 0.1) is 0 Å². The van der Waals surface area contributed by atoms with E-state index in [0.29, 0.717) is 5.56 Å². The quantitative estimate of drug-likeness (QED) is 0.484. The second kappa shape index (κ2) is 5.71. The van der Waals surface area contributed by atoms with Crippen LogP contribution in [0.15, 0.2) is 54.1 Å². The van der Waals surface area contributed by atoms with E-state index in [4.69, 9.17) is 4.74 Å². The van der Waals surface area contributed by atoms with Gasteiger partial charge < -0.3 is 4.74 Å². The summed E-state index contributed by atoms with van der Waals surface area (Å²) in [6, 6.07) is 11.0. The van der Waals surface area contributed by atoms with Crippen molar-refractivity contribution in [2.75, 3.05) is 0 Å². The molecule has 0 saturated carbocycles. The summed E-state index contributed by atoms with van der Waals surface area (Å²) in [4.78, 5) is 23.8. The van der Waals surface area contributed by atoms with Crippen molar-refractivity contribution in [2.24, 2.45) is 0 Å². The smallest absolute Gasteiger partial charge is 0.342 e. The molecule has 3 nitrogen and oxygen atoms in total. The van der Waals surface area contributed by atoms with Crippen LogP contribution in [0.5, 0.6) is 0 Å². The largest absolute Gasteiger partial charge is 0.432 e. The molecule has 0 aliphatic rings. The number of hydrogen-bond donors (Lipinski definition) is 0. The van der Waals surface area contributed by atoms with Gasteiger partial charge in [-0.15, -0.1) is 0 Å². The number of ether oxygens (including phenoxy) is 1. The molecule has 0 aliphatic heterocycles. The van der Waals surface area contributed by atoms with Crippen molar-refractivity contribution < 1.29 is 14.3 Å². The van der Waals surface area contributed by atoms with Gasteiger partial charge >= 0.3 is 5.97 Å². The van der Waals surface area contributed by atoms with E-state index in [1.54, 1.807) is 12.1 Å². The average Bonchev–Trinajstić information content (AvgIpc) is 2.38. The molecule has 0 saturated heterocycles. The summed E-state index contributed by atoms with van der Waals surface area (Å²) >= 11 is 1.11. The Bertz CT molecular complexity index is 661. The molecular weight excluding hydrogens is 260 g/mol. The Balaban J connectivity index is 2.59. The zero-order valence-electron chi connectivity index (χ0n) is 10.4. The van der Waals surface area contributed by atoms with Crippen molar-refractivity contribution in [3.63, 3.8) is 0 Å². The predicted octanol–water partition coefficient (Wildman–Crippen LogP) is 3.78. The van der Waals surface area contributed by atoms with Crippen molar-refractivity contribution in [3.8, 4) is 0 Å². The average molecular weight is 272 g/mol. The van der Waals surface area contributed by atoms with E-state index in [1.807, 2.05) is 24.3 Å². The fourth-order valence-electron chi connectivity index (χ4n) is 1.78. The van der Waals surface area contributed by atoms with E-state index in [2.05, 4.69) is 6.58 Å². The van der Waals surface area contributed by atoms with E-state index >= 15 is 0 Å². The Morgan fingerprint density at radius 2 is 2.00 bits per heavy atom. The first kappa shape index (κ1) is 13.4. The monoisotopic (exact) mass is 272 g/mol. The van der Waals surface area contributed by atoms with Gasteiger partial charge in [0, 0.05) is 11.8 Å². The molecule has 0 amide bonds. The van der Waals surface area contributed by atoms with Gasteiger partial charge in [-0.05, 0) is 22.9 Å². The van der Waals surface area contributed by atoms with Crippen molar-refractivity contribution >= 4 is 33.6 Å². The summed E-state index contributed by atoms with van der Waals surface area (Å²) in [5, 5.41) is 1.81. The summed E-state index contributed by atoms with van der Waals surface area (Å²) in [7, 11) is 0. The predicted molar refractivity (Wildman–Crippen MR) is 76.1 cm³/mol. The normalized spacial score (nSPS) is 10.2. The maximum Gasteiger partial charge on any atom is 0.342 e. The van der Waals surface area contributed by atoms with Gasteiger partial charge in [-0.2, -0.15) is 0 Å². The molecule has 0 aliphatic carbocycles. The fraction of sp³-hybridized carbons (Fsp3) is 0.0667. The van der Waals surface area contributed by atoms with Gasteiger partial charge in [-0.3, -0.25) is 4.79 Å². The summed E-state index contributed by atoms with van der Waals surface area (Å²) in [6.45, 7) is 4.85. The third-order valence-electron chi connectivity index (χ3n) is 2.50. The zero-order valence-corrected chi connectivity index (χ0v) is 11.2. The van der Waals surface area contributed by atoms with Gasteiger partial charge in [0.15, 0.2) is 5.12 Å². The maximum atomic E-state index is 11.7. The van der Waals surface area contributed by atoms with Crippen LogP contribution >= 0.6 is 11.8 Å². The first-order valence-electron chi connectivity index (χ1n) is 5.65. The van der Waals surface area contributed by atoms with Crippen molar-refractivity contribution in [1.29, 1.82) is 0 Å². The molecule has 0 aromatic heterocycles. The van der Waals surface area contributed by atoms with Crippen LogP contribution < -0.4 is 0 Å². The molecule has 0 heterocycles. The number of thioether (sulfide) groups is 1. The molecule has 0 bridgehead atoms. The lowest BCUT2D eigenvalue weighted by molar-refractivity contribution is -0.109. The molecular formula is C15H12O3S. The lowest BCUT2D eigenvalue weighted by Gasteiger charge is -2.07. The highest BCUT2D eigenvalue weighted by molar-refractivity contribution is 8.13. The van der Waals surface area contributed by atoms with Crippen molar-refractivity contribution in [2.45, 2.75) is 11.8 Å². The lowest BCUT2D eigenvalue weighted by Crippen LogP contribution is -2.01. The van der Waals surface area contributed by atoms with E-state index in [0.717, 1.165) is 33.7 Å². The Morgan fingerprint density at radius 3 is 2.68 bits per heavy atom. The topological polar surface area (TPSA) is 43.4 Å². The molecule has 0 atom stereocenters. The number of esters is 1. The molecule has 0 fully saturated rings. The van der Waals surface area contributed by atoms with Crippen LogP contribution in [0.3, 0.4) is 0 Å². The van der Waals surface area contributed by atoms with Crippen LogP contribution in [0.1, 0.15) is 17.3 Å². The number of hydrogen-bond acceptors (Lipinski definition) is 4. The molecule has 4 heteroatoms. The first-order chi connectivity index (χ1) is 9.11. The zero-order chi connectivity index (χ0) is 13.8. The highest BCUT2D eigenvalue weighted by Gasteiger charge is 2.12. The number of rotatable bonds is 3. The highest BCUT2D eigenvalue weighted by Crippen LogP contribution is 2.30. The second-order valence-electron chi connectivity index (χ2n) is 3.86. The molecule has 0 spiro atoms. The molecule has 0 unspecified atom stereocenters. The standard InChI is InChI=1S/C15H12O3S/c1-3-18-15(17)12-8-11-6-4-5-7-13(11)14(9-12)19-10(2)16/h3-9H,1H2,2H3. The van der Waals surface area contributed by atoms with Crippen molar-refractivity contribution in [3.05, 3.63) is 54.8 Å². The Labute approximate surface area is 115 Å². The van der Waals surface area contributed by atoms with Gasteiger partial charge in [0.2, 0.25) is 0 Å². The summed E-state index contributed by atoms with van der Waals surface area (Å²) in [6.07, 6.45) is 1.09. The maximum absolute atomic E-state index is 11.7. The summed E-state index contributed by atoms with van der Waals surface area (Å²) in [5.74, 6) is -0.480. The number of carbonyl (C=O) groups excluding carboxylic acids is 2. The number of fused-ring (bicyclic) bond motifs is 1. The molecule has 0 N–H and O–H groups in total. The van der Waals surface area contributed by atoms with E-state index < -0.39 is 5.97 Å². The van der Waals surface area contributed by atoms with Crippen LogP contribution in [0.2, 0.25) is 0 Å². The molecule has 19 heavy (non-hydrogen) atoms. The molecule has 2 rings (SSSR count). The van der Waals surface area contributed by atoms with Crippen LogP contribution in [-0.2, 0) is 9.53 Å². The molecule has 2 aromatic rings. The van der Waals surface area contributed by atoms with Gasteiger partial charge in [0.25, 0.3) is 0 Å².